The average Bonchev–Trinajstić information content (AvgIpc) is 3.44. The molecule has 0 saturated heterocycles. The Labute approximate surface area is 148 Å². The van der Waals surface area contributed by atoms with Crippen LogP contribution in [0.25, 0.3) is 0 Å². The third-order valence-electron chi connectivity index (χ3n) is 5.80. The molecule has 0 aromatic rings. The van der Waals surface area contributed by atoms with Crippen molar-refractivity contribution in [2.24, 2.45) is 11.8 Å². The van der Waals surface area contributed by atoms with Gasteiger partial charge in [0.15, 0.2) is 0 Å². The minimum atomic E-state index is 1.02. The van der Waals surface area contributed by atoms with Crippen LogP contribution >= 0.6 is 0 Å². The SMILES string of the molecule is CC1=CC=C(C2=CC=C(C3=C=[C]3)CC2)CC1.CC1CCC(C)CC1. The first-order chi connectivity index (χ1) is 11.6. The Balaban J connectivity index is 0.000000179. The van der Waals surface area contributed by atoms with Gasteiger partial charge in [-0.05, 0) is 61.2 Å². The highest BCUT2D eigenvalue weighted by Gasteiger charge is 2.16. The topological polar surface area (TPSA) is 0 Å². The molecule has 0 spiro atoms. The van der Waals surface area contributed by atoms with E-state index in [9.17, 15) is 0 Å². The molecule has 0 heteroatoms. The van der Waals surface area contributed by atoms with Crippen LogP contribution in [0.2, 0.25) is 0 Å². The highest BCUT2D eigenvalue weighted by atomic mass is 14.2. The predicted molar refractivity (Wildman–Crippen MR) is 104 cm³/mol. The van der Waals surface area contributed by atoms with Crippen molar-refractivity contribution in [3.8, 4) is 0 Å². The van der Waals surface area contributed by atoms with Crippen molar-refractivity contribution in [3.63, 3.8) is 0 Å². The number of allylic oxidation sites excluding steroid dienone is 9. The summed E-state index contributed by atoms with van der Waals surface area (Å²) in [6.07, 6.45) is 22.8. The normalized spacial score (nSPS) is 28.5. The van der Waals surface area contributed by atoms with Crippen molar-refractivity contribution in [2.45, 2.75) is 72.1 Å². The Kier molecular flexibility index (Phi) is 5.80. The van der Waals surface area contributed by atoms with Crippen molar-refractivity contribution in [1.29, 1.82) is 0 Å². The number of hydrogen-bond donors (Lipinski definition) is 0. The second-order valence-electron chi connectivity index (χ2n) is 8.08. The maximum atomic E-state index is 3.05. The Bertz CT molecular complexity index is 638. The van der Waals surface area contributed by atoms with Crippen LogP contribution in [0.4, 0.5) is 0 Å². The minimum absolute atomic E-state index is 1.02. The Morgan fingerprint density at radius 1 is 0.708 bits per heavy atom. The summed E-state index contributed by atoms with van der Waals surface area (Å²) >= 11 is 0. The minimum Gasteiger partial charge on any atom is -0.101 e. The summed E-state index contributed by atoms with van der Waals surface area (Å²) in [5, 5.41) is 0. The second kappa shape index (κ2) is 8.04. The molecule has 0 unspecified atom stereocenters. The fraction of sp³-hybridized carbons (Fsp3) is 0.542. The number of hydrogen-bond acceptors (Lipinski definition) is 0. The summed E-state index contributed by atoms with van der Waals surface area (Å²) in [5.41, 5.74) is 10.2. The third-order valence-corrected chi connectivity index (χ3v) is 5.80. The van der Waals surface area contributed by atoms with Gasteiger partial charge in [-0.25, -0.2) is 0 Å². The first kappa shape index (κ1) is 17.3. The van der Waals surface area contributed by atoms with Crippen LogP contribution in [0.1, 0.15) is 72.1 Å². The zero-order valence-corrected chi connectivity index (χ0v) is 15.6. The maximum Gasteiger partial charge on any atom is 0.0487 e. The van der Waals surface area contributed by atoms with Crippen LogP contribution in [0.5, 0.6) is 0 Å². The highest BCUT2D eigenvalue weighted by molar-refractivity contribution is 5.50. The van der Waals surface area contributed by atoms with Gasteiger partial charge in [0.2, 0.25) is 0 Å². The summed E-state index contributed by atoms with van der Waals surface area (Å²) in [6, 6.07) is 0. The van der Waals surface area contributed by atoms with Crippen LogP contribution in [0.3, 0.4) is 0 Å². The van der Waals surface area contributed by atoms with Gasteiger partial charge in [-0.1, -0.05) is 69.4 Å². The molecule has 0 amide bonds. The molecule has 4 aliphatic rings. The van der Waals surface area contributed by atoms with Crippen molar-refractivity contribution in [1.82, 2.24) is 0 Å². The molecule has 1 fully saturated rings. The van der Waals surface area contributed by atoms with E-state index in [1.165, 1.54) is 72.8 Å². The summed E-state index contributed by atoms with van der Waals surface area (Å²) in [6.45, 7) is 6.94. The van der Waals surface area contributed by atoms with E-state index < -0.39 is 0 Å². The molecule has 0 N–H and O–H groups in total. The zero-order chi connectivity index (χ0) is 16.9. The van der Waals surface area contributed by atoms with E-state index in [2.05, 4.69) is 56.9 Å². The van der Waals surface area contributed by atoms with Gasteiger partial charge in [0.25, 0.3) is 0 Å². The molecule has 0 atom stereocenters. The third kappa shape index (κ3) is 4.99. The molecule has 0 aliphatic heterocycles. The van der Waals surface area contributed by atoms with E-state index in [1.807, 2.05) is 0 Å². The fourth-order valence-electron chi connectivity index (χ4n) is 3.74. The monoisotopic (exact) mass is 319 g/mol. The Morgan fingerprint density at radius 3 is 1.58 bits per heavy atom. The lowest BCUT2D eigenvalue weighted by Gasteiger charge is -2.22. The van der Waals surface area contributed by atoms with Crippen LogP contribution in [0, 0.1) is 17.9 Å². The molecule has 0 aromatic heterocycles. The van der Waals surface area contributed by atoms with Gasteiger partial charge in [-0.15, -0.1) is 5.73 Å². The van der Waals surface area contributed by atoms with Gasteiger partial charge >= 0.3 is 0 Å². The molecule has 127 valence electrons. The molecule has 0 nitrogen and oxygen atoms in total. The van der Waals surface area contributed by atoms with Crippen LogP contribution in [-0.2, 0) is 0 Å². The zero-order valence-electron chi connectivity index (χ0n) is 15.6. The Hall–Kier alpha value is -1.52. The predicted octanol–water partition coefficient (Wildman–Crippen LogP) is 7.03. The fourth-order valence-corrected chi connectivity index (χ4v) is 3.74. The molecular weight excluding hydrogens is 288 g/mol. The first-order valence-electron chi connectivity index (χ1n) is 9.77. The van der Waals surface area contributed by atoms with Gasteiger partial charge in [-0.2, -0.15) is 0 Å². The van der Waals surface area contributed by atoms with Crippen molar-refractivity contribution < 1.29 is 0 Å². The summed E-state index contributed by atoms with van der Waals surface area (Å²) < 4.78 is 0. The van der Waals surface area contributed by atoms with Gasteiger partial charge < -0.3 is 0 Å². The molecule has 4 aliphatic carbocycles. The summed E-state index contributed by atoms with van der Waals surface area (Å²) in [4.78, 5) is 0. The molecule has 0 aromatic carbocycles. The Morgan fingerprint density at radius 2 is 1.17 bits per heavy atom. The lowest BCUT2D eigenvalue weighted by atomic mass is 9.84. The molecular formula is C24H31. The average molecular weight is 320 g/mol. The quantitative estimate of drug-likeness (QED) is 0.479. The molecule has 24 heavy (non-hydrogen) atoms. The standard InChI is InChI=1S/C16H15.C8H16/c1-12-2-4-13(5-3-12)14-6-8-15(9-7-14)16-10-11-16;1-7-3-5-8(2)6-4-7/h2,4,6,8H,3,5,7,9H2,1H3;7-8H,3-6H2,1-2H3. The van der Waals surface area contributed by atoms with Crippen LogP contribution in [0.15, 0.2) is 57.9 Å². The molecule has 0 bridgehead atoms. The lowest BCUT2D eigenvalue weighted by Crippen LogP contribution is -2.08. The smallest absolute Gasteiger partial charge is 0.0487 e. The summed E-state index contributed by atoms with van der Waals surface area (Å²) in [5.74, 6) is 2.04. The van der Waals surface area contributed by atoms with Crippen molar-refractivity contribution in [2.75, 3.05) is 0 Å². The van der Waals surface area contributed by atoms with Crippen molar-refractivity contribution >= 4 is 0 Å². The highest BCUT2D eigenvalue weighted by Crippen LogP contribution is 2.33. The van der Waals surface area contributed by atoms with Gasteiger partial charge in [-0.3, -0.25) is 0 Å². The molecule has 1 radical (unpaired) electrons. The van der Waals surface area contributed by atoms with E-state index in [0.29, 0.717) is 0 Å². The molecule has 1 saturated carbocycles. The lowest BCUT2D eigenvalue weighted by molar-refractivity contribution is 0.308. The van der Waals surface area contributed by atoms with E-state index >= 15 is 0 Å². The maximum absolute atomic E-state index is 3.05. The molecule has 0 heterocycles. The van der Waals surface area contributed by atoms with E-state index in [-0.39, 0.29) is 0 Å². The van der Waals surface area contributed by atoms with Crippen LogP contribution in [-0.4, -0.2) is 0 Å². The number of rotatable bonds is 2. The largest absolute Gasteiger partial charge is 0.101 e. The van der Waals surface area contributed by atoms with E-state index in [1.54, 1.807) is 0 Å². The first-order valence-corrected chi connectivity index (χ1v) is 9.77. The molecule has 4 rings (SSSR count). The van der Waals surface area contributed by atoms with Gasteiger partial charge in [0, 0.05) is 11.6 Å². The van der Waals surface area contributed by atoms with Gasteiger partial charge in [0.1, 0.15) is 0 Å². The van der Waals surface area contributed by atoms with Crippen LogP contribution < -0.4 is 0 Å². The van der Waals surface area contributed by atoms with Gasteiger partial charge in [0.05, 0.1) is 0 Å². The van der Waals surface area contributed by atoms with E-state index in [4.69, 9.17) is 0 Å². The van der Waals surface area contributed by atoms with Crippen molar-refractivity contribution in [3.05, 3.63) is 64.0 Å². The van der Waals surface area contributed by atoms with E-state index in [0.717, 1.165) is 18.3 Å². The second-order valence-corrected chi connectivity index (χ2v) is 8.08. The summed E-state index contributed by atoms with van der Waals surface area (Å²) in [7, 11) is 0.